The molecule has 2 aromatic rings. The number of rotatable bonds is 6. The Balaban J connectivity index is 1.67. The van der Waals surface area contributed by atoms with Gasteiger partial charge in [-0.1, -0.05) is 25.0 Å². The van der Waals surface area contributed by atoms with Crippen molar-refractivity contribution in [2.45, 2.75) is 70.4 Å². The Kier molecular flexibility index (Phi) is 7.56. The molecule has 0 atom stereocenters. The van der Waals surface area contributed by atoms with Crippen LogP contribution >= 0.6 is 0 Å². The van der Waals surface area contributed by atoms with Crippen molar-refractivity contribution in [2.24, 2.45) is 0 Å². The molecule has 1 amide bonds. The Hall–Kier alpha value is -2.45. The van der Waals surface area contributed by atoms with Gasteiger partial charge in [-0.25, -0.2) is 18.1 Å². The summed E-state index contributed by atoms with van der Waals surface area (Å²) in [6, 6.07) is 8.59. The van der Waals surface area contributed by atoms with Gasteiger partial charge < -0.3 is 10.2 Å². The van der Waals surface area contributed by atoms with Crippen molar-refractivity contribution in [2.75, 3.05) is 18.0 Å². The van der Waals surface area contributed by atoms with Gasteiger partial charge in [-0.2, -0.15) is 0 Å². The van der Waals surface area contributed by atoms with Crippen LogP contribution in [0.3, 0.4) is 0 Å². The summed E-state index contributed by atoms with van der Waals surface area (Å²) >= 11 is 0. The number of aryl methyl sites for hydroxylation is 1. The molecule has 1 aromatic carbocycles. The average molecular weight is 459 g/mol. The fourth-order valence-corrected chi connectivity index (χ4v) is 5.20. The van der Waals surface area contributed by atoms with E-state index in [-0.39, 0.29) is 10.8 Å². The quantitative estimate of drug-likeness (QED) is 0.687. The molecule has 1 aromatic heterocycles. The van der Waals surface area contributed by atoms with Crippen LogP contribution in [-0.4, -0.2) is 37.9 Å². The summed E-state index contributed by atoms with van der Waals surface area (Å²) in [4.78, 5) is 19.8. The second kappa shape index (κ2) is 10.0. The predicted molar refractivity (Wildman–Crippen MR) is 127 cm³/mol. The van der Waals surface area contributed by atoms with Gasteiger partial charge >= 0.3 is 0 Å². The highest BCUT2D eigenvalue weighted by Crippen LogP contribution is 2.19. The maximum absolute atomic E-state index is 12.8. The Labute approximate surface area is 191 Å². The van der Waals surface area contributed by atoms with Crippen LogP contribution in [0, 0.1) is 6.92 Å². The highest BCUT2D eigenvalue weighted by Gasteiger charge is 2.23. The second-order valence-corrected chi connectivity index (χ2v) is 11.1. The minimum absolute atomic E-state index is 0.0756. The number of amides is 1. The summed E-state index contributed by atoms with van der Waals surface area (Å²) in [6.45, 7) is 9.51. The molecule has 1 aliphatic heterocycles. The number of aromatic nitrogens is 1. The average Bonchev–Trinajstić information content (AvgIpc) is 3.00. The molecule has 7 nitrogen and oxygen atoms in total. The molecular formula is C24H34N4O3S. The van der Waals surface area contributed by atoms with Gasteiger partial charge in [0.25, 0.3) is 5.91 Å². The molecule has 0 aliphatic carbocycles. The molecular weight excluding hydrogens is 424 g/mol. The zero-order valence-corrected chi connectivity index (χ0v) is 20.3. The third-order valence-corrected chi connectivity index (χ3v) is 7.15. The number of carbonyl (C=O) groups excluding carboxylic acids is 1. The minimum atomic E-state index is -3.72. The molecule has 0 unspecified atom stereocenters. The lowest BCUT2D eigenvalue weighted by Crippen LogP contribution is -2.40. The fourth-order valence-electron chi connectivity index (χ4n) is 3.76. The maximum atomic E-state index is 12.8. The van der Waals surface area contributed by atoms with Crippen molar-refractivity contribution in [3.63, 3.8) is 0 Å². The normalized spacial score (nSPS) is 15.3. The highest BCUT2D eigenvalue weighted by atomic mass is 32.2. The van der Waals surface area contributed by atoms with Crippen LogP contribution in [0.25, 0.3) is 0 Å². The predicted octanol–water partition coefficient (Wildman–Crippen LogP) is 3.78. The van der Waals surface area contributed by atoms with E-state index in [4.69, 9.17) is 0 Å². The molecule has 1 saturated heterocycles. The Bertz CT molecular complexity index is 1040. The van der Waals surface area contributed by atoms with Gasteiger partial charge in [-0.3, -0.25) is 4.79 Å². The van der Waals surface area contributed by atoms with E-state index >= 15 is 0 Å². The van der Waals surface area contributed by atoms with E-state index in [2.05, 4.69) is 19.9 Å². The fraction of sp³-hybridized carbons (Fsp3) is 0.500. The number of hydrogen-bond donors (Lipinski definition) is 2. The maximum Gasteiger partial charge on any atom is 0.251 e. The highest BCUT2D eigenvalue weighted by molar-refractivity contribution is 7.89. The Morgan fingerprint density at radius 2 is 1.75 bits per heavy atom. The summed E-state index contributed by atoms with van der Waals surface area (Å²) in [6.07, 6.45) is 6.73. The van der Waals surface area contributed by atoms with Gasteiger partial charge in [0, 0.05) is 36.9 Å². The zero-order chi connectivity index (χ0) is 23.4. The lowest BCUT2D eigenvalue weighted by atomic mass is 10.1. The molecule has 3 rings (SSSR count). The first kappa shape index (κ1) is 24.2. The van der Waals surface area contributed by atoms with Crippen molar-refractivity contribution in [1.29, 1.82) is 0 Å². The third-order valence-electron chi connectivity index (χ3n) is 5.40. The van der Waals surface area contributed by atoms with E-state index < -0.39 is 15.6 Å². The number of sulfonamides is 1. The zero-order valence-electron chi connectivity index (χ0n) is 19.4. The van der Waals surface area contributed by atoms with Gasteiger partial charge in [-0.05, 0) is 69.9 Å². The molecule has 0 saturated carbocycles. The smallest absolute Gasteiger partial charge is 0.251 e. The summed E-state index contributed by atoms with van der Waals surface area (Å²) in [5, 5.41) is 2.88. The number of nitrogens with one attached hydrogen (secondary N) is 2. The number of anilines is 1. The van der Waals surface area contributed by atoms with Crippen molar-refractivity contribution < 1.29 is 13.2 Å². The molecule has 32 heavy (non-hydrogen) atoms. The summed E-state index contributed by atoms with van der Waals surface area (Å²) in [5.41, 5.74) is 1.34. The van der Waals surface area contributed by atoms with Gasteiger partial charge in [0.2, 0.25) is 10.0 Å². The monoisotopic (exact) mass is 458 g/mol. The van der Waals surface area contributed by atoms with E-state index in [0.29, 0.717) is 17.7 Å². The van der Waals surface area contributed by atoms with Gasteiger partial charge in [0.1, 0.15) is 5.82 Å². The standard InChI is InChI=1S/C24H34N4O3S/c1-18-9-11-20(32(30,31)27-24(2,3)4)15-21(18)23(29)26-17-19-10-12-22(25-16-19)28-13-7-5-6-8-14-28/h9-12,15-16,27H,5-8,13-14,17H2,1-4H3,(H,26,29). The molecule has 1 fully saturated rings. The third kappa shape index (κ3) is 6.53. The lowest BCUT2D eigenvalue weighted by Gasteiger charge is -2.21. The molecule has 1 aliphatic rings. The van der Waals surface area contributed by atoms with E-state index in [1.54, 1.807) is 40.0 Å². The van der Waals surface area contributed by atoms with Crippen LogP contribution in [0.2, 0.25) is 0 Å². The molecule has 0 spiro atoms. The van der Waals surface area contributed by atoms with Gasteiger partial charge in [0.05, 0.1) is 4.90 Å². The topological polar surface area (TPSA) is 91.4 Å². The first-order chi connectivity index (χ1) is 15.0. The van der Waals surface area contributed by atoms with E-state index in [1.807, 2.05) is 12.1 Å². The number of benzene rings is 1. The van der Waals surface area contributed by atoms with E-state index in [9.17, 15) is 13.2 Å². The van der Waals surface area contributed by atoms with Gasteiger partial charge in [-0.15, -0.1) is 0 Å². The summed E-state index contributed by atoms with van der Waals surface area (Å²) < 4.78 is 27.9. The summed E-state index contributed by atoms with van der Waals surface area (Å²) in [5.74, 6) is 0.661. The van der Waals surface area contributed by atoms with E-state index in [0.717, 1.165) is 24.5 Å². The molecule has 174 valence electrons. The van der Waals surface area contributed by atoms with Crippen LogP contribution in [-0.2, 0) is 16.6 Å². The number of carbonyl (C=O) groups is 1. The molecule has 2 heterocycles. The van der Waals surface area contributed by atoms with Gasteiger partial charge in [0.15, 0.2) is 0 Å². The lowest BCUT2D eigenvalue weighted by molar-refractivity contribution is 0.0950. The first-order valence-corrected chi connectivity index (χ1v) is 12.7. The Morgan fingerprint density at radius 1 is 1.06 bits per heavy atom. The van der Waals surface area contributed by atoms with Crippen molar-refractivity contribution in [1.82, 2.24) is 15.0 Å². The second-order valence-electron chi connectivity index (χ2n) is 9.44. The largest absolute Gasteiger partial charge is 0.357 e. The van der Waals surface area contributed by atoms with Crippen molar-refractivity contribution in [3.8, 4) is 0 Å². The first-order valence-electron chi connectivity index (χ1n) is 11.2. The van der Waals surface area contributed by atoms with Crippen molar-refractivity contribution >= 4 is 21.7 Å². The number of hydrogen-bond acceptors (Lipinski definition) is 5. The summed E-state index contributed by atoms with van der Waals surface area (Å²) in [7, 11) is -3.72. The molecule has 8 heteroatoms. The van der Waals surface area contributed by atoms with Crippen LogP contribution in [0.5, 0.6) is 0 Å². The van der Waals surface area contributed by atoms with Crippen LogP contribution < -0.4 is 14.9 Å². The van der Waals surface area contributed by atoms with Crippen LogP contribution in [0.4, 0.5) is 5.82 Å². The number of nitrogens with zero attached hydrogens (tertiary/aromatic N) is 2. The van der Waals surface area contributed by atoms with Crippen molar-refractivity contribution in [3.05, 3.63) is 53.2 Å². The molecule has 0 radical (unpaired) electrons. The molecule has 0 bridgehead atoms. The van der Waals surface area contributed by atoms with Crippen LogP contribution in [0.1, 0.15) is 67.9 Å². The number of pyridine rings is 1. The van der Waals surface area contributed by atoms with E-state index in [1.165, 1.54) is 37.8 Å². The van der Waals surface area contributed by atoms with Crippen LogP contribution in [0.15, 0.2) is 41.4 Å². The minimum Gasteiger partial charge on any atom is -0.357 e. The SMILES string of the molecule is Cc1ccc(S(=O)(=O)NC(C)(C)C)cc1C(=O)NCc1ccc(N2CCCCCC2)nc1. The Morgan fingerprint density at radius 3 is 2.34 bits per heavy atom. The molecule has 2 N–H and O–H groups in total.